The van der Waals surface area contributed by atoms with Gasteiger partial charge in [0.1, 0.15) is 0 Å². The van der Waals surface area contributed by atoms with Crippen LogP contribution in [0.25, 0.3) is 0 Å². The molecule has 1 rings (SSSR count). The Balaban J connectivity index is 3.72. The van der Waals surface area contributed by atoms with Crippen molar-refractivity contribution in [3.63, 3.8) is 0 Å². The first kappa shape index (κ1) is 2.48. The van der Waals surface area contributed by atoms with E-state index in [9.17, 15) is 0 Å². The number of piperidine rings is 1. The number of nitrogens with zero attached hydrogens (tertiary/aromatic N) is 1. The highest BCUT2D eigenvalue weighted by atomic mass is 15.3. The molecule has 0 spiro atoms. The first-order valence-electron chi connectivity index (χ1n) is 7.34. The highest BCUT2D eigenvalue weighted by Gasteiger charge is 2.30. The summed E-state index contributed by atoms with van der Waals surface area (Å²) in [7, 11) is 2.37. The van der Waals surface area contributed by atoms with Gasteiger partial charge in [0.25, 0.3) is 0 Å². The van der Waals surface area contributed by atoms with E-state index in [1.165, 1.54) is 27.9 Å². The largest absolute Gasteiger partial charge is 0.328 e. The molecule has 1 saturated heterocycles. The SMILES string of the molecule is [2H]C1([2H])C(C)(C)C([2H])([2H])C([2H])([2H])[N+](C)(C)C1([2H])[2H]. The molecule has 0 aromatic heterocycles. The van der Waals surface area contributed by atoms with E-state index >= 15 is 0 Å². The summed E-state index contributed by atoms with van der Waals surface area (Å²) in [6.07, 6.45) is -5.03. The molecule has 0 saturated carbocycles. The third-order valence-electron chi connectivity index (χ3n) is 1.30. The lowest BCUT2D eigenvalue weighted by Crippen LogP contribution is -2.48. The van der Waals surface area contributed by atoms with Crippen molar-refractivity contribution < 1.29 is 15.4 Å². The van der Waals surface area contributed by atoms with Crippen molar-refractivity contribution in [2.45, 2.75) is 26.6 Å². The van der Waals surface area contributed by atoms with Gasteiger partial charge in [-0.2, -0.15) is 0 Å². The first-order valence-corrected chi connectivity index (χ1v) is 3.34. The van der Waals surface area contributed by atoms with E-state index < -0.39 is 35.6 Å². The zero-order valence-electron chi connectivity index (χ0n) is 14.9. The van der Waals surface area contributed by atoms with Gasteiger partial charge in [-0.1, -0.05) is 13.8 Å². The molecule has 0 bridgehead atoms. The van der Waals surface area contributed by atoms with Gasteiger partial charge < -0.3 is 4.48 Å². The third-order valence-corrected chi connectivity index (χ3v) is 1.30. The molecule has 0 radical (unpaired) electrons. The number of likely N-dealkylation sites (tertiary alicyclic amines) is 1. The summed E-state index contributed by atoms with van der Waals surface area (Å²) in [6.45, 7) is -2.62. The van der Waals surface area contributed by atoms with Gasteiger partial charge >= 0.3 is 0 Å². The summed E-state index contributed by atoms with van der Waals surface area (Å²) < 4.78 is 62.8. The van der Waals surface area contributed by atoms with Crippen LogP contribution in [0.5, 0.6) is 0 Å². The van der Waals surface area contributed by atoms with Gasteiger partial charge in [0.2, 0.25) is 0 Å². The van der Waals surface area contributed by atoms with Gasteiger partial charge in [-0.05, 0) is 5.41 Å². The Bertz CT molecular complexity index is 254. The van der Waals surface area contributed by atoms with Crippen LogP contribution in [0.3, 0.4) is 0 Å². The molecule has 1 aliphatic rings. The maximum absolute atomic E-state index is 7.99. The third kappa shape index (κ3) is 1.98. The van der Waals surface area contributed by atoms with Gasteiger partial charge in [-0.15, -0.1) is 0 Å². The Morgan fingerprint density at radius 1 is 1.20 bits per heavy atom. The molecule has 10 heavy (non-hydrogen) atoms. The van der Waals surface area contributed by atoms with Crippen molar-refractivity contribution in [1.82, 2.24) is 0 Å². The minimum Gasteiger partial charge on any atom is -0.328 e. The van der Waals surface area contributed by atoms with Gasteiger partial charge in [-0.3, -0.25) is 0 Å². The Hall–Kier alpha value is -0.0400. The van der Waals surface area contributed by atoms with E-state index in [-0.39, 0.29) is 0 Å². The van der Waals surface area contributed by atoms with E-state index in [4.69, 9.17) is 11.0 Å². The summed E-state index contributed by atoms with van der Waals surface area (Å²) in [5.41, 5.74) is -1.80. The molecule has 0 amide bonds. The molecule has 1 nitrogen and oxygen atoms in total. The van der Waals surface area contributed by atoms with E-state index in [0.717, 1.165) is 0 Å². The molecule has 0 aliphatic carbocycles. The molecule has 60 valence electrons. The lowest BCUT2D eigenvalue weighted by Gasteiger charge is -2.40. The number of hydrogen-bond acceptors (Lipinski definition) is 0. The molecule has 0 aromatic carbocycles. The molecular weight excluding hydrogens is 122 g/mol. The van der Waals surface area contributed by atoms with Crippen LogP contribution in [0.4, 0.5) is 0 Å². The van der Waals surface area contributed by atoms with E-state index in [1.54, 1.807) is 0 Å². The predicted molar refractivity (Wildman–Crippen MR) is 44.9 cm³/mol. The molecule has 0 aromatic rings. The summed E-state index contributed by atoms with van der Waals surface area (Å²) in [5.74, 6) is 0. The fourth-order valence-corrected chi connectivity index (χ4v) is 0.618. The quantitative estimate of drug-likeness (QED) is 0.463. The maximum atomic E-state index is 7.99. The summed E-state index contributed by atoms with van der Waals surface area (Å²) in [4.78, 5) is 0. The van der Waals surface area contributed by atoms with E-state index in [2.05, 4.69) is 0 Å². The topological polar surface area (TPSA) is 0 Å². The minimum atomic E-state index is -2.55. The van der Waals surface area contributed by atoms with Crippen LogP contribution < -0.4 is 0 Å². The average Bonchev–Trinajstić information content (AvgIpc) is 2.14. The summed E-state index contributed by atoms with van der Waals surface area (Å²) in [5, 5.41) is 0. The van der Waals surface area contributed by atoms with E-state index in [0.29, 0.717) is 0 Å². The highest BCUT2D eigenvalue weighted by molar-refractivity contribution is 4.71. The predicted octanol–water partition coefficient (Wildman–Crippen LogP) is 1.88. The van der Waals surface area contributed by atoms with Crippen LogP contribution in [-0.2, 0) is 0 Å². The molecule has 1 heteroatoms. The van der Waals surface area contributed by atoms with Crippen molar-refractivity contribution in [1.29, 1.82) is 0 Å². The highest BCUT2D eigenvalue weighted by Crippen LogP contribution is 2.31. The van der Waals surface area contributed by atoms with Crippen LogP contribution in [-0.4, -0.2) is 31.6 Å². The van der Waals surface area contributed by atoms with Crippen LogP contribution in [0, 0.1) is 5.41 Å². The number of quaternary nitrogens is 1. The molecule has 0 N–H and O–H groups in total. The van der Waals surface area contributed by atoms with Crippen molar-refractivity contribution in [3.8, 4) is 0 Å². The van der Waals surface area contributed by atoms with Crippen molar-refractivity contribution in [2.24, 2.45) is 5.41 Å². The molecule has 0 unspecified atom stereocenters. The first-order chi connectivity index (χ1) is 7.50. The zero-order chi connectivity index (χ0) is 15.0. The van der Waals surface area contributed by atoms with Crippen molar-refractivity contribution in [2.75, 3.05) is 27.1 Å². The van der Waals surface area contributed by atoms with Crippen LogP contribution >= 0.6 is 0 Å². The average molecular weight is 150 g/mol. The van der Waals surface area contributed by atoms with E-state index in [1.807, 2.05) is 0 Å². The summed E-state index contributed by atoms with van der Waals surface area (Å²) in [6, 6.07) is 0. The van der Waals surface area contributed by atoms with Gasteiger partial charge in [-0.25, -0.2) is 0 Å². The number of rotatable bonds is 0. The van der Waals surface area contributed by atoms with Crippen molar-refractivity contribution >= 4 is 0 Å². The zero-order valence-corrected chi connectivity index (χ0v) is 6.95. The van der Waals surface area contributed by atoms with Gasteiger partial charge in [0.15, 0.2) is 0 Å². The Morgan fingerprint density at radius 2 is 1.60 bits per heavy atom. The molecule has 1 fully saturated rings. The van der Waals surface area contributed by atoms with Crippen LogP contribution in [0.2, 0.25) is 0 Å². The number of hydrogen-bond donors (Lipinski definition) is 0. The fraction of sp³-hybridized carbons (Fsp3) is 1.00. The van der Waals surface area contributed by atoms with Crippen LogP contribution in [0.1, 0.15) is 37.6 Å². The standard InChI is InChI=1S/C9H20N/c1-9(2)5-7-10(3,4)8-6-9/h5-8H2,1-4H3/q+1/i5D2,6D2,7D2,8D2. The Morgan fingerprint density at radius 3 is 2.00 bits per heavy atom. The Labute approximate surface area is 75.9 Å². The fourth-order valence-electron chi connectivity index (χ4n) is 0.618. The second-order valence-corrected chi connectivity index (χ2v) is 3.55. The lowest BCUT2D eigenvalue weighted by molar-refractivity contribution is -0.897. The molecular formula is C9H20N+. The lowest BCUT2D eigenvalue weighted by atomic mass is 9.82. The normalized spacial score (nSPS) is 62.0. The maximum Gasteiger partial charge on any atom is 0.0924 e. The monoisotopic (exact) mass is 150 g/mol. The molecule has 1 aliphatic heterocycles. The minimum absolute atomic E-state index is 1.02. The van der Waals surface area contributed by atoms with Crippen molar-refractivity contribution in [3.05, 3.63) is 0 Å². The van der Waals surface area contributed by atoms with Crippen LogP contribution in [0.15, 0.2) is 0 Å². The molecule has 0 atom stereocenters. The summed E-state index contributed by atoms with van der Waals surface area (Å²) >= 11 is 0. The van der Waals surface area contributed by atoms with Gasteiger partial charge in [0.05, 0.1) is 32.6 Å². The Kier molecular flexibility index (Phi) is 0.552. The molecule has 1 heterocycles. The second kappa shape index (κ2) is 2.23. The van der Waals surface area contributed by atoms with Gasteiger partial charge in [0, 0.05) is 18.2 Å². The smallest absolute Gasteiger partial charge is 0.0924 e. The second-order valence-electron chi connectivity index (χ2n) is 3.55.